The van der Waals surface area contributed by atoms with Gasteiger partial charge < -0.3 is 4.90 Å². The monoisotopic (exact) mass is 394 g/mol. The summed E-state index contributed by atoms with van der Waals surface area (Å²) in [5.74, 6) is 1.10. The SMILES string of the molecule is CC(C)C(c1nnnn1Cc1ccccc1)N1CCN(c2ccc(F)cc2)CC1. The summed E-state index contributed by atoms with van der Waals surface area (Å²) in [6.45, 7) is 8.74. The van der Waals surface area contributed by atoms with Gasteiger partial charge in [-0.2, -0.15) is 0 Å². The van der Waals surface area contributed by atoms with Crippen LogP contribution in [-0.2, 0) is 6.54 Å². The van der Waals surface area contributed by atoms with Crippen molar-refractivity contribution in [3.8, 4) is 0 Å². The van der Waals surface area contributed by atoms with Gasteiger partial charge in [0, 0.05) is 31.9 Å². The first kappa shape index (κ1) is 19.5. The molecule has 1 saturated heterocycles. The Morgan fingerprint density at radius 3 is 2.28 bits per heavy atom. The third-order valence-corrected chi connectivity index (χ3v) is 5.53. The first-order valence-electron chi connectivity index (χ1n) is 10.2. The van der Waals surface area contributed by atoms with Gasteiger partial charge in [-0.05, 0) is 46.2 Å². The molecule has 0 N–H and O–H groups in total. The van der Waals surface area contributed by atoms with Crippen molar-refractivity contribution in [2.45, 2.75) is 26.4 Å². The Balaban J connectivity index is 1.48. The summed E-state index contributed by atoms with van der Waals surface area (Å²) in [6.07, 6.45) is 0. The average molecular weight is 394 g/mol. The smallest absolute Gasteiger partial charge is 0.169 e. The lowest BCUT2D eigenvalue weighted by molar-refractivity contribution is 0.135. The van der Waals surface area contributed by atoms with E-state index in [1.54, 1.807) is 0 Å². The van der Waals surface area contributed by atoms with Crippen LogP contribution in [0.15, 0.2) is 54.6 Å². The second kappa shape index (κ2) is 8.69. The Bertz CT molecular complexity index is 901. The van der Waals surface area contributed by atoms with E-state index in [4.69, 9.17) is 0 Å². The molecule has 6 nitrogen and oxygen atoms in total. The van der Waals surface area contributed by atoms with Crippen LogP contribution in [0.2, 0.25) is 0 Å². The molecule has 0 spiro atoms. The molecule has 0 bridgehead atoms. The first-order valence-corrected chi connectivity index (χ1v) is 10.2. The van der Waals surface area contributed by atoms with Gasteiger partial charge >= 0.3 is 0 Å². The van der Waals surface area contributed by atoms with Crippen LogP contribution in [0.25, 0.3) is 0 Å². The van der Waals surface area contributed by atoms with Gasteiger partial charge in [-0.15, -0.1) is 5.10 Å². The van der Waals surface area contributed by atoms with E-state index < -0.39 is 0 Å². The average Bonchev–Trinajstić information content (AvgIpc) is 3.17. The van der Waals surface area contributed by atoms with Crippen molar-refractivity contribution in [1.82, 2.24) is 25.1 Å². The zero-order valence-electron chi connectivity index (χ0n) is 16.9. The molecule has 1 unspecified atom stereocenters. The highest BCUT2D eigenvalue weighted by molar-refractivity contribution is 5.46. The van der Waals surface area contributed by atoms with E-state index in [-0.39, 0.29) is 11.9 Å². The zero-order valence-corrected chi connectivity index (χ0v) is 16.9. The van der Waals surface area contributed by atoms with Crippen LogP contribution in [-0.4, -0.2) is 51.3 Å². The van der Waals surface area contributed by atoms with Gasteiger partial charge in [-0.1, -0.05) is 44.2 Å². The van der Waals surface area contributed by atoms with Crippen molar-refractivity contribution < 1.29 is 4.39 Å². The zero-order chi connectivity index (χ0) is 20.2. The minimum absolute atomic E-state index is 0.157. The fourth-order valence-electron chi connectivity index (χ4n) is 4.09. The van der Waals surface area contributed by atoms with Gasteiger partial charge in [0.2, 0.25) is 0 Å². The van der Waals surface area contributed by atoms with Crippen molar-refractivity contribution in [1.29, 1.82) is 0 Å². The Kier molecular flexibility index (Phi) is 5.85. The van der Waals surface area contributed by atoms with Crippen LogP contribution in [0.5, 0.6) is 0 Å². The van der Waals surface area contributed by atoms with Gasteiger partial charge in [0.15, 0.2) is 5.82 Å². The molecule has 7 heteroatoms. The van der Waals surface area contributed by atoms with E-state index in [1.807, 2.05) is 35.0 Å². The molecule has 1 atom stereocenters. The van der Waals surface area contributed by atoms with Crippen LogP contribution < -0.4 is 4.90 Å². The molecule has 2 aromatic carbocycles. The Hall–Kier alpha value is -2.80. The van der Waals surface area contributed by atoms with Gasteiger partial charge in [0.05, 0.1) is 12.6 Å². The first-order chi connectivity index (χ1) is 14.1. The molecule has 1 aliphatic rings. The lowest BCUT2D eigenvalue weighted by Crippen LogP contribution is -2.49. The highest BCUT2D eigenvalue weighted by atomic mass is 19.1. The van der Waals surface area contributed by atoms with Crippen molar-refractivity contribution in [2.24, 2.45) is 5.92 Å². The third kappa shape index (κ3) is 4.45. The number of tetrazole rings is 1. The van der Waals surface area contributed by atoms with Gasteiger partial charge in [-0.25, -0.2) is 9.07 Å². The molecule has 0 aliphatic carbocycles. The van der Waals surface area contributed by atoms with Gasteiger partial charge in [-0.3, -0.25) is 4.90 Å². The molecule has 29 heavy (non-hydrogen) atoms. The van der Waals surface area contributed by atoms with Crippen molar-refractivity contribution in [3.05, 3.63) is 71.8 Å². The second-order valence-corrected chi connectivity index (χ2v) is 7.87. The number of nitrogens with zero attached hydrogens (tertiary/aromatic N) is 6. The summed E-state index contributed by atoms with van der Waals surface area (Å²) in [5, 5.41) is 12.6. The Morgan fingerprint density at radius 2 is 1.62 bits per heavy atom. The molecule has 3 aromatic rings. The van der Waals surface area contributed by atoms with Crippen molar-refractivity contribution in [2.75, 3.05) is 31.1 Å². The molecule has 0 radical (unpaired) electrons. The number of piperazine rings is 1. The van der Waals surface area contributed by atoms with E-state index in [9.17, 15) is 4.39 Å². The normalized spacial score (nSPS) is 16.3. The highest BCUT2D eigenvalue weighted by Crippen LogP contribution is 2.29. The maximum absolute atomic E-state index is 13.2. The number of anilines is 1. The van der Waals surface area contributed by atoms with E-state index in [1.165, 1.54) is 17.7 Å². The van der Waals surface area contributed by atoms with E-state index in [0.29, 0.717) is 12.5 Å². The number of hydrogen-bond donors (Lipinski definition) is 0. The Morgan fingerprint density at radius 1 is 0.931 bits per heavy atom. The number of aromatic nitrogens is 4. The van der Waals surface area contributed by atoms with E-state index >= 15 is 0 Å². The van der Waals surface area contributed by atoms with Gasteiger partial charge in [0.1, 0.15) is 5.82 Å². The summed E-state index contributed by atoms with van der Waals surface area (Å²) >= 11 is 0. The maximum Gasteiger partial charge on any atom is 0.169 e. The standard InChI is InChI=1S/C22H27FN6/c1-17(2)21(22-24-25-26-29(22)16-18-6-4-3-5-7-18)28-14-12-27(13-15-28)20-10-8-19(23)9-11-20/h3-11,17,21H,12-16H2,1-2H3. The molecule has 2 heterocycles. The molecule has 0 saturated carbocycles. The topological polar surface area (TPSA) is 50.1 Å². The molecule has 1 aliphatic heterocycles. The molecular formula is C22H27FN6. The summed E-state index contributed by atoms with van der Waals surface area (Å²) in [7, 11) is 0. The van der Waals surface area contributed by atoms with Crippen LogP contribution >= 0.6 is 0 Å². The predicted molar refractivity (Wildman–Crippen MR) is 111 cm³/mol. The summed E-state index contributed by atoms with van der Waals surface area (Å²) < 4.78 is 15.1. The molecule has 152 valence electrons. The van der Waals surface area contributed by atoms with Crippen LogP contribution in [0.4, 0.5) is 10.1 Å². The maximum atomic E-state index is 13.2. The lowest BCUT2D eigenvalue weighted by atomic mass is 10.0. The quantitative estimate of drug-likeness (QED) is 0.642. The highest BCUT2D eigenvalue weighted by Gasteiger charge is 2.31. The summed E-state index contributed by atoms with van der Waals surface area (Å²) in [4.78, 5) is 4.78. The minimum Gasteiger partial charge on any atom is -0.369 e. The number of rotatable bonds is 6. The molecule has 4 rings (SSSR count). The second-order valence-electron chi connectivity index (χ2n) is 7.87. The van der Waals surface area contributed by atoms with Gasteiger partial charge in [0.25, 0.3) is 0 Å². The summed E-state index contributed by atoms with van der Waals surface area (Å²) in [5.41, 5.74) is 2.26. The third-order valence-electron chi connectivity index (χ3n) is 5.53. The predicted octanol–water partition coefficient (Wildman–Crippen LogP) is 3.38. The molecule has 1 aromatic heterocycles. The Labute approximate surface area is 170 Å². The summed E-state index contributed by atoms with van der Waals surface area (Å²) in [6, 6.07) is 17.2. The fraction of sp³-hybridized carbons (Fsp3) is 0.409. The lowest BCUT2D eigenvalue weighted by Gasteiger charge is -2.41. The van der Waals surface area contributed by atoms with Crippen LogP contribution in [0, 0.1) is 11.7 Å². The molecule has 1 fully saturated rings. The van der Waals surface area contributed by atoms with Crippen LogP contribution in [0.1, 0.15) is 31.3 Å². The number of benzene rings is 2. The molecule has 0 amide bonds. The van der Waals surface area contributed by atoms with E-state index in [2.05, 4.69) is 51.3 Å². The van der Waals surface area contributed by atoms with E-state index in [0.717, 1.165) is 37.7 Å². The largest absolute Gasteiger partial charge is 0.369 e. The number of hydrogen-bond acceptors (Lipinski definition) is 5. The van der Waals surface area contributed by atoms with Crippen molar-refractivity contribution in [3.63, 3.8) is 0 Å². The fourth-order valence-corrected chi connectivity index (χ4v) is 4.09. The van der Waals surface area contributed by atoms with Crippen molar-refractivity contribution >= 4 is 5.69 Å². The van der Waals surface area contributed by atoms with Crippen LogP contribution in [0.3, 0.4) is 0 Å². The molecular weight excluding hydrogens is 367 g/mol. The minimum atomic E-state index is -0.197. The number of halogens is 1.